The fraction of sp³-hybridized carbons (Fsp3) is 0.333. The monoisotopic (exact) mass is 217 g/mol. The Kier molecular flexibility index (Phi) is 2.64. The molecule has 1 atom stereocenters. The van der Waals surface area contributed by atoms with E-state index in [9.17, 15) is 4.79 Å². The highest BCUT2D eigenvalue weighted by molar-refractivity contribution is 6.05. The number of carbonyl (C=O) groups is 1. The maximum Gasteiger partial charge on any atom is 0.332 e. The van der Waals surface area contributed by atoms with Gasteiger partial charge in [-0.25, -0.2) is 10.2 Å². The van der Waals surface area contributed by atoms with Gasteiger partial charge in [0.05, 0.1) is 5.71 Å². The van der Waals surface area contributed by atoms with Crippen molar-refractivity contribution in [2.24, 2.45) is 10.8 Å². The minimum atomic E-state index is -0.624. The molecule has 0 fully saturated rings. The second-order valence-electron chi connectivity index (χ2n) is 4.23. The van der Waals surface area contributed by atoms with Crippen molar-refractivity contribution in [3.63, 3.8) is 0 Å². The minimum absolute atomic E-state index is 0.448. The molecule has 0 aliphatic heterocycles. The number of hydrazone groups is 1. The van der Waals surface area contributed by atoms with Crippen LogP contribution in [0.1, 0.15) is 36.0 Å². The second-order valence-corrected chi connectivity index (χ2v) is 4.23. The van der Waals surface area contributed by atoms with Crippen LogP contribution in [0.5, 0.6) is 0 Å². The Balaban J connectivity index is 2.37. The number of benzene rings is 1. The molecule has 84 valence electrons. The average molecular weight is 217 g/mol. The number of rotatable bonds is 1. The predicted molar refractivity (Wildman–Crippen MR) is 63.5 cm³/mol. The van der Waals surface area contributed by atoms with Gasteiger partial charge in [0.1, 0.15) is 0 Å². The van der Waals surface area contributed by atoms with Crippen LogP contribution in [-0.4, -0.2) is 11.7 Å². The molecule has 0 bridgehead atoms. The summed E-state index contributed by atoms with van der Waals surface area (Å²) in [6.07, 6.45) is 0.846. The molecule has 2 amide bonds. The number of aryl methyl sites for hydroxylation is 1. The molecule has 0 radical (unpaired) electrons. The Morgan fingerprint density at radius 3 is 3.00 bits per heavy atom. The molecule has 0 heterocycles. The molecular weight excluding hydrogens is 202 g/mol. The lowest BCUT2D eigenvalue weighted by Crippen LogP contribution is -2.25. The number of nitrogens with one attached hydrogen (secondary N) is 1. The molecular formula is C12H15N3O. The lowest BCUT2D eigenvalue weighted by molar-refractivity contribution is 0.249. The number of nitrogens with zero attached hydrogens (tertiary/aromatic N) is 1. The van der Waals surface area contributed by atoms with Gasteiger partial charge in [-0.15, -0.1) is 0 Å². The molecule has 0 unspecified atom stereocenters. The van der Waals surface area contributed by atoms with Gasteiger partial charge >= 0.3 is 6.03 Å². The van der Waals surface area contributed by atoms with Crippen molar-refractivity contribution in [3.8, 4) is 0 Å². The van der Waals surface area contributed by atoms with Gasteiger partial charge in [-0.3, -0.25) is 0 Å². The predicted octanol–water partition coefficient (Wildman–Crippen LogP) is 1.87. The lowest BCUT2D eigenvalue weighted by Gasteiger charge is -2.03. The fourth-order valence-electron chi connectivity index (χ4n) is 2.09. The van der Waals surface area contributed by atoms with E-state index in [4.69, 9.17) is 5.73 Å². The van der Waals surface area contributed by atoms with E-state index in [0.717, 1.165) is 17.7 Å². The Hall–Kier alpha value is -1.84. The zero-order valence-electron chi connectivity index (χ0n) is 9.45. The first-order valence-electron chi connectivity index (χ1n) is 5.31. The lowest BCUT2D eigenvalue weighted by atomic mass is 10.0. The number of primary amides is 1. The van der Waals surface area contributed by atoms with E-state index in [1.54, 1.807) is 0 Å². The third-order valence-corrected chi connectivity index (χ3v) is 2.85. The van der Waals surface area contributed by atoms with Crippen molar-refractivity contribution in [2.45, 2.75) is 26.2 Å². The van der Waals surface area contributed by atoms with E-state index >= 15 is 0 Å². The van der Waals surface area contributed by atoms with E-state index in [1.165, 1.54) is 11.1 Å². The normalized spacial score (nSPS) is 20.9. The summed E-state index contributed by atoms with van der Waals surface area (Å²) < 4.78 is 0. The molecule has 0 saturated heterocycles. The Bertz CT molecular complexity index is 465. The Morgan fingerprint density at radius 1 is 1.56 bits per heavy atom. The van der Waals surface area contributed by atoms with Crippen LogP contribution in [0.15, 0.2) is 23.3 Å². The molecule has 16 heavy (non-hydrogen) atoms. The summed E-state index contributed by atoms with van der Waals surface area (Å²) in [6, 6.07) is 5.70. The maximum atomic E-state index is 10.6. The Labute approximate surface area is 94.5 Å². The molecule has 4 nitrogen and oxygen atoms in total. The van der Waals surface area contributed by atoms with E-state index in [0.29, 0.717) is 5.92 Å². The minimum Gasteiger partial charge on any atom is -0.350 e. The van der Waals surface area contributed by atoms with Crippen molar-refractivity contribution < 1.29 is 4.79 Å². The highest BCUT2D eigenvalue weighted by Crippen LogP contribution is 2.33. The molecule has 0 aromatic heterocycles. The summed E-state index contributed by atoms with van der Waals surface area (Å²) in [5.74, 6) is 0.448. The number of fused-ring (bicyclic) bond motifs is 1. The highest BCUT2D eigenvalue weighted by atomic mass is 16.2. The number of hydrogen-bond donors (Lipinski definition) is 2. The van der Waals surface area contributed by atoms with E-state index in [1.807, 2.05) is 6.92 Å². The number of hydrogen-bond acceptors (Lipinski definition) is 2. The molecule has 0 saturated carbocycles. The van der Waals surface area contributed by atoms with Gasteiger partial charge in [0.15, 0.2) is 0 Å². The van der Waals surface area contributed by atoms with E-state index in [2.05, 4.69) is 35.7 Å². The zero-order chi connectivity index (χ0) is 11.7. The SMILES string of the molecule is Cc1ccc2c(c1)C(=NNC(N)=O)C[C@H]2C. The van der Waals surface area contributed by atoms with Crippen LogP contribution in [0.4, 0.5) is 4.79 Å². The smallest absolute Gasteiger partial charge is 0.332 e. The van der Waals surface area contributed by atoms with Gasteiger partial charge in [0.2, 0.25) is 0 Å². The van der Waals surface area contributed by atoms with Crippen LogP contribution in [-0.2, 0) is 0 Å². The molecule has 1 aliphatic rings. The zero-order valence-corrected chi connectivity index (χ0v) is 9.45. The molecule has 0 spiro atoms. The van der Waals surface area contributed by atoms with Crippen molar-refractivity contribution in [3.05, 3.63) is 34.9 Å². The number of nitrogens with two attached hydrogens (primary N) is 1. The van der Waals surface area contributed by atoms with Gasteiger partial charge in [-0.1, -0.05) is 24.6 Å². The van der Waals surface area contributed by atoms with Gasteiger partial charge in [0, 0.05) is 5.56 Å². The summed E-state index contributed by atoms with van der Waals surface area (Å²) in [6.45, 7) is 4.20. The maximum absolute atomic E-state index is 10.6. The summed E-state index contributed by atoms with van der Waals surface area (Å²) >= 11 is 0. The van der Waals surface area contributed by atoms with Crippen molar-refractivity contribution in [1.29, 1.82) is 0 Å². The highest BCUT2D eigenvalue weighted by Gasteiger charge is 2.24. The fourth-order valence-corrected chi connectivity index (χ4v) is 2.09. The van der Waals surface area contributed by atoms with Gasteiger partial charge in [-0.05, 0) is 30.9 Å². The number of carbonyl (C=O) groups excluding carboxylic acids is 1. The average Bonchev–Trinajstić information content (AvgIpc) is 2.52. The van der Waals surface area contributed by atoms with E-state index in [-0.39, 0.29) is 0 Å². The van der Waals surface area contributed by atoms with Crippen molar-refractivity contribution >= 4 is 11.7 Å². The third kappa shape index (κ3) is 1.91. The van der Waals surface area contributed by atoms with E-state index < -0.39 is 6.03 Å². The quantitative estimate of drug-likeness (QED) is 0.693. The van der Waals surface area contributed by atoms with Crippen LogP contribution < -0.4 is 11.2 Å². The first kappa shape index (κ1) is 10.7. The topological polar surface area (TPSA) is 67.5 Å². The largest absolute Gasteiger partial charge is 0.350 e. The van der Waals surface area contributed by atoms with Gasteiger partial charge in [-0.2, -0.15) is 5.10 Å². The molecule has 2 rings (SSSR count). The van der Waals surface area contributed by atoms with Crippen LogP contribution >= 0.6 is 0 Å². The molecule has 3 N–H and O–H groups in total. The summed E-state index contributed by atoms with van der Waals surface area (Å²) in [4.78, 5) is 10.6. The van der Waals surface area contributed by atoms with Crippen molar-refractivity contribution in [2.75, 3.05) is 0 Å². The molecule has 4 heteroatoms. The first-order chi connectivity index (χ1) is 7.58. The van der Waals surface area contributed by atoms with Crippen LogP contribution in [0.25, 0.3) is 0 Å². The second kappa shape index (κ2) is 3.96. The third-order valence-electron chi connectivity index (χ3n) is 2.85. The standard InChI is InChI=1S/C12H15N3O/c1-7-3-4-9-8(2)6-11(10(9)5-7)14-15-12(13)16/h3-5,8H,6H2,1-2H3,(H3,13,15,16)/t8-/m1/s1. The molecule has 1 aliphatic carbocycles. The first-order valence-corrected chi connectivity index (χ1v) is 5.31. The van der Waals surface area contributed by atoms with Crippen LogP contribution in [0, 0.1) is 6.92 Å². The number of amides is 2. The van der Waals surface area contributed by atoms with Crippen LogP contribution in [0.3, 0.4) is 0 Å². The summed E-state index contributed by atoms with van der Waals surface area (Å²) in [7, 11) is 0. The Morgan fingerprint density at radius 2 is 2.31 bits per heavy atom. The molecule has 1 aromatic carbocycles. The van der Waals surface area contributed by atoms with Gasteiger partial charge < -0.3 is 5.73 Å². The summed E-state index contributed by atoms with van der Waals surface area (Å²) in [5.41, 5.74) is 11.8. The molecule has 1 aromatic rings. The van der Waals surface area contributed by atoms with Gasteiger partial charge in [0.25, 0.3) is 0 Å². The summed E-state index contributed by atoms with van der Waals surface area (Å²) in [5, 5.41) is 4.05. The van der Waals surface area contributed by atoms with Crippen molar-refractivity contribution in [1.82, 2.24) is 5.43 Å². The van der Waals surface area contributed by atoms with Crippen LogP contribution in [0.2, 0.25) is 0 Å². The number of urea groups is 1.